The summed E-state index contributed by atoms with van der Waals surface area (Å²) in [6, 6.07) is 12.0. The number of rotatable bonds is 8. The van der Waals surface area contributed by atoms with Gasteiger partial charge in [-0.1, -0.05) is 30.3 Å². The van der Waals surface area contributed by atoms with Crippen LogP contribution < -0.4 is 5.32 Å². The van der Waals surface area contributed by atoms with Gasteiger partial charge in [0.15, 0.2) is 0 Å². The zero-order valence-corrected chi connectivity index (χ0v) is 13.8. The summed E-state index contributed by atoms with van der Waals surface area (Å²) >= 11 is 0. The summed E-state index contributed by atoms with van der Waals surface area (Å²) in [6.07, 6.45) is 2.14. The number of aryl methyl sites for hydroxylation is 3. The van der Waals surface area contributed by atoms with Crippen LogP contribution in [-0.4, -0.2) is 17.6 Å². The minimum atomic E-state index is -0.600. The minimum Gasteiger partial charge on any atom is -0.466 e. The molecule has 2 N–H and O–H groups in total. The predicted molar refractivity (Wildman–Crippen MR) is 90.1 cm³/mol. The number of carbonyl (C=O) groups excluding carboxylic acids is 1. The normalized spacial score (nSPS) is 12.1. The Labute approximate surface area is 137 Å². The molecule has 0 bridgehead atoms. The average molecular weight is 315 g/mol. The lowest BCUT2D eigenvalue weighted by molar-refractivity contribution is -0.121. The molecule has 0 aliphatic heterocycles. The zero-order valence-electron chi connectivity index (χ0n) is 13.8. The van der Waals surface area contributed by atoms with Gasteiger partial charge < -0.3 is 14.8 Å². The Kier molecular flexibility index (Phi) is 6.41. The number of amides is 1. The first-order valence-electron chi connectivity index (χ1n) is 8.12. The van der Waals surface area contributed by atoms with Gasteiger partial charge in [0, 0.05) is 18.5 Å². The molecule has 0 saturated heterocycles. The molecule has 2 rings (SSSR count). The van der Waals surface area contributed by atoms with Crippen LogP contribution in [-0.2, 0) is 11.2 Å². The highest BCUT2D eigenvalue weighted by Crippen LogP contribution is 2.23. The second kappa shape index (κ2) is 8.53. The molecule has 4 nitrogen and oxygen atoms in total. The quantitative estimate of drug-likeness (QED) is 0.784. The van der Waals surface area contributed by atoms with Crippen molar-refractivity contribution in [3.8, 4) is 0 Å². The molecule has 0 fully saturated rings. The Hall–Kier alpha value is -2.07. The molecule has 1 aromatic heterocycles. The fourth-order valence-corrected chi connectivity index (χ4v) is 2.67. The Bertz CT molecular complexity index is 619. The maximum absolute atomic E-state index is 11.8. The number of aliphatic hydroxyl groups excluding tert-OH is 1. The third kappa shape index (κ3) is 5.57. The molecule has 0 radical (unpaired) electrons. The van der Waals surface area contributed by atoms with Crippen molar-refractivity contribution in [1.82, 2.24) is 5.32 Å². The topological polar surface area (TPSA) is 62.5 Å². The number of carbonyl (C=O) groups is 1. The van der Waals surface area contributed by atoms with Gasteiger partial charge in [0.2, 0.25) is 5.91 Å². The monoisotopic (exact) mass is 315 g/mol. The number of furan rings is 1. The number of aliphatic hydroxyl groups is 1. The van der Waals surface area contributed by atoms with E-state index < -0.39 is 6.10 Å². The van der Waals surface area contributed by atoms with Crippen molar-refractivity contribution in [2.24, 2.45) is 0 Å². The largest absolute Gasteiger partial charge is 0.466 e. The van der Waals surface area contributed by atoms with E-state index in [2.05, 4.69) is 17.4 Å². The summed E-state index contributed by atoms with van der Waals surface area (Å²) in [7, 11) is 0. The van der Waals surface area contributed by atoms with E-state index in [-0.39, 0.29) is 5.91 Å². The number of nitrogens with one attached hydrogen (secondary N) is 1. The highest BCUT2D eigenvalue weighted by molar-refractivity contribution is 5.75. The van der Waals surface area contributed by atoms with Crippen LogP contribution in [0.15, 0.2) is 40.8 Å². The lowest BCUT2D eigenvalue weighted by Gasteiger charge is -2.10. The van der Waals surface area contributed by atoms with Crippen LogP contribution in [0.3, 0.4) is 0 Å². The molecule has 0 aliphatic carbocycles. The van der Waals surface area contributed by atoms with Gasteiger partial charge in [-0.3, -0.25) is 4.79 Å². The fraction of sp³-hybridized carbons (Fsp3) is 0.421. The molecule has 0 spiro atoms. The molecule has 1 heterocycles. The molecule has 0 saturated carbocycles. The molecular weight excluding hydrogens is 290 g/mol. The van der Waals surface area contributed by atoms with Gasteiger partial charge in [-0.2, -0.15) is 0 Å². The van der Waals surface area contributed by atoms with E-state index in [1.165, 1.54) is 5.56 Å². The van der Waals surface area contributed by atoms with Crippen LogP contribution >= 0.6 is 0 Å². The molecule has 23 heavy (non-hydrogen) atoms. The number of hydrogen-bond acceptors (Lipinski definition) is 3. The van der Waals surface area contributed by atoms with Crippen LogP contribution in [0.2, 0.25) is 0 Å². The smallest absolute Gasteiger partial charge is 0.220 e. The molecule has 1 atom stereocenters. The van der Waals surface area contributed by atoms with E-state index in [4.69, 9.17) is 4.42 Å². The van der Waals surface area contributed by atoms with Crippen LogP contribution in [0.4, 0.5) is 0 Å². The van der Waals surface area contributed by atoms with Crippen molar-refractivity contribution in [3.05, 3.63) is 59.0 Å². The molecule has 124 valence electrons. The van der Waals surface area contributed by atoms with Gasteiger partial charge in [0.1, 0.15) is 11.5 Å². The summed E-state index contributed by atoms with van der Waals surface area (Å²) in [4.78, 5) is 11.8. The van der Waals surface area contributed by atoms with E-state index >= 15 is 0 Å². The van der Waals surface area contributed by atoms with Crippen molar-refractivity contribution in [1.29, 1.82) is 0 Å². The van der Waals surface area contributed by atoms with Gasteiger partial charge in [-0.15, -0.1) is 0 Å². The summed E-state index contributed by atoms with van der Waals surface area (Å²) in [5.41, 5.74) is 2.06. The Balaban J connectivity index is 1.64. The average Bonchev–Trinajstić information content (AvgIpc) is 2.87. The van der Waals surface area contributed by atoms with Crippen molar-refractivity contribution in [2.45, 2.75) is 45.6 Å². The number of benzene rings is 1. The van der Waals surface area contributed by atoms with Crippen LogP contribution in [0.5, 0.6) is 0 Å². The van der Waals surface area contributed by atoms with Crippen LogP contribution in [0.25, 0.3) is 0 Å². The highest BCUT2D eigenvalue weighted by Gasteiger charge is 2.14. The Morgan fingerprint density at radius 3 is 2.65 bits per heavy atom. The minimum absolute atomic E-state index is 0.0354. The van der Waals surface area contributed by atoms with Crippen molar-refractivity contribution in [2.75, 3.05) is 6.54 Å². The second-order valence-corrected chi connectivity index (χ2v) is 5.86. The molecule has 1 amide bonds. The predicted octanol–water partition coefficient (Wildman–Crippen LogP) is 3.46. The van der Waals surface area contributed by atoms with E-state index in [9.17, 15) is 9.90 Å². The summed E-state index contributed by atoms with van der Waals surface area (Å²) in [6.45, 7) is 4.17. The molecule has 0 aliphatic rings. The van der Waals surface area contributed by atoms with Crippen molar-refractivity contribution < 1.29 is 14.3 Å². The van der Waals surface area contributed by atoms with E-state index in [1.54, 1.807) is 0 Å². The van der Waals surface area contributed by atoms with Gasteiger partial charge in [-0.25, -0.2) is 0 Å². The molecular formula is C19H25NO3. The van der Waals surface area contributed by atoms with E-state index in [0.29, 0.717) is 19.4 Å². The van der Waals surface area contributed by atoms with Crippen molar-refractivity contribution in [3.63, 3.8) is 0 Å². The zero-order chi connectivity index (χ0) is 16.7. The summed E-state index contributed by atoms with van der Waals surface area (Å²) in [5, 5.41) is 13.0. The SMILES string of the molecule is Cc1cc([C@H](O)CCNC(=O)CCCc2ccccc2)c(C)o1. The molecule has 4 heteroatoms. The molecule has 0 unspecified atom stereocenters. The van der Waals surface area contributed by atoms with Gasteiger partial charge in [-0.05, 0) is 44.7 Å². The summed E-state index contributed by atoms with van der Waals surface area (Å²) < 4.78 is 5.41. The van der Waals surface area contributed by atoms with Gasteiger partial charge in [0.05, 0.1) is 6.10 Å². The summed E-state index contributed by atoms with van der Waals surface area (Å²) in [5.74, 6) is 1.57. The third-order valence-electron chi connectivity index (χ3n) is 3.89. The first-order chi connectivity index (χ1) is 11.1. The lowest BCUT2D eigenvalue weighted by atomic mass is 10.1. The Morgan fingerprint density at radius 2 is 2.00 bits per heavy atom. The van der Waals surface area contributed by atoms with Crippen LogP contribution in [0.1, 0.15) is 48.0 Å². The van der Waals surface area contributed by atoms with Gasteiger partial charge >= 0.3 is 0 Å². The highest BCUT2D eigenvalue weighted by atomic mass is 16.3. The van der Waals surface area contributed by atoms with E-state index in [0.717, 1.165) is 29.9 Å². The standard InChI is InChI=1S/C19H25NO3/c1-14-13-17(15(2)23-14)18(21)11-12-20-19(22)10-6-9-16-7-4-3-5-8-16/h3-5,7-8,13,18,21H,6,9-12H2,1-2H3,(H,20,22)/t18-/m1/s1. The first-order valence-corrected chi connectivity index (χ1v) is 8.12. The maximum atomic E-state index is 11.8. The first kappa shape index (κ1) is 17.3. The number of hydrogen-bond donors (Lipinski definition) is 2. The fourth-order valence-electron chi connectivity index (χ4n) is 2.67. The van der Waals surface area contributed by atoms with Gasteiger partial charge in [0.25, 0.3) is 0 Å². The maximum Gasteiger partial charge on any atom is 0.220 e. The Morgan fingerprint density at radius 1 is 1.26 bits per heavy atom. The van der Waals surface area contributed by atoms with E-state index in [1.807, 2.05) is 38.1 Å². The third-order valence-corrected chi connectivity index (χ3v) is 3.89. The molecule has 1 aromatic carbocycles. The van der Waals surface area contributed by atoms with Crippen molar-refractivity contribution >= 4 is 5.91 Å². The lowest BCUT2D eigenvalue weighted by Crippen LogP contribution is -2.25. The molecule has 2 aromatic rings. The second-order valence-electron chi connectivity index (χ2n) is 5.86. The van der Waals surface area contributed by atoms with Crippen LogP contribution in [0, 0.1) is 13.8 Å².